The highest BCUT2D eigenvalue weighted by atomic mass is 35.5. The molecule has 0 unspecified atom stereocenters. The normalized spacial score (nSPS) is 18.3. The van der Waals surface area contributed by atoms with Crippen LogP contribution in [0.5, 0.6) is 5.75 Å². The Hall–Kier alpha value is -2.22. The molecule has 2 aromatic rings. The Morgan fingerprint density at radius 2 is 1.97 bits per heavy atom. The van der Waals surface area contributed by atoms with Gasteiger partial charge in [0, 0.05) is 22.7 Å². The van der Waals surface area contributed by atoms with Crippen molar-refractivity contribution in [1.82, 2.24) is 14.9 Å². The molecule has 4 rings (SSSR count). The van der Waals surface area contributed by atoms with E-state index < -0.39 is 10.8 Å². The molecular weight excluding hydrogens is 404 g/mol. The molecule has 0 radical (unpaired) electrons. The van der Waals surface area contributed by atoms with Crippen molar-refractivity contribution < 1.29 is 14.6 Å². The summed E-state index contributed by atoms with van der Waals surface area (Å²) in [5.41, 5.74) is 0.964. The number of aliphatic hydroxyl groups is 1. The number of benzene rings is 1. The molecule has 1 fully saturated rings. The summed E-state index contributed by atoms with van der Waals surface area (Å²) in [5.74, 6) is 1.28. The standard InChI is InChI=1S/C22H27ClN4O3/c1-21(2,14-28)19-24-12-16(13-25-19)30-10-9-27-7-5-22(6-8-27)17-11-15(23)3-4-18(17)26-20(22)29/h3-4,11-13,28H,5-10,14H2,1-2H3,(H,26,29). The van der Waals surface area contributed by atoms with Crippen LogP contribution in [-0.2, 0) is 15.6 Å². The Morgan fingerprint density at radius 1 is 1.27 bits per heavy atom. The number of likely N-dealkylation sites (tertiary alicyclic amines) is 1. The predicted octanol–water partition coefficient (Wildman–Crippen LogP) is 2.76. The topological polar surface area (TPSA) is 87.6 Å². The Bertz CT molecular complexity index is 924. The van der Waals surface area contributed by atoms with E-state index >= 15 is 0 Å². The third-order valence-corrected chi connectivity index (χ3v) is 6.43. The molecule has 7 nitrogen and oxygen atoms in total. The van der Waals surface area contributed by atoms with E-state index in [4.69, 9.17) is 16.3 Å². The van der Waals surface area contributed by atoms with Gasteiger partial charge in [-0.15, -0.1) is 0 Å². The highest BCUT2D eigenvalue weighted by Crippen LogP contribution is 2.45. The maximum atomic E-state index is 12.7. The maximum Gasteiger partial charge on any atom is 0.235 e. The number of ether oxygens (including phenoxy) is 1. The summed E-state index contributed by atoms with van der Waals surface area (Å²) in [6.07, 6.45) is 4.82. The van der Waals surface area contributed by atoms with E-state index in [1.807, 2.05) is 32.0 Å². The SMILES string of the molecule is CC(C)(CO)c1ncc(OCCN2CCC3(CC2)C(=O)Nc2ccc(Cl)cc23)cn1. The van der Waals surface area contributed by atoms with Gasteiger partial charge in [0.1, 0.15) is 12.4 Å². The number of carbonyl (C=O) groups is 1. The minimum atomic E-state index is -0.475. The lowest BCUT2D eigenvalue weighted by Gasteiger charge is -2.37. The first-order valence-corrected chi connectivity index (χ1v) is 10.6. The van der Waals surface area contributed by atoms with Gasteiger partial charge in [0.25, 0.3) is 0 Å². The summed E-state index contributed by atoms with van der Waals surface area (Å²) in [5, 5.41) is 13.1. The highest BCUT2D eigenvalue weighted by molar-refractivity contribution is 6.31. The molecule has 30 heavy (non-hydrogen) atoms. The molecular formula is C22H27ClN4O3. The van der Waals surface area contributed by atoms with Crippen LogP contribution in [0.1, 0.15) is 38.1 Å². The first kappa shape index (κ1) is 21.0. The summed E-state index contributed by atoms with van der Waals surface area (Å²) in [6.45, 7) is 6.70. The van der Waals surface area contributed by atoms with Crippen molar-refractivity contribution in [2.24, 2.45) is 0 Å². The summed E-state index contributed by atoms with van der Waals surface area (Å²) >= 11 is 6.18. The molecule has 3 heterocycles. The average molecular weight is 431 g/mol. The number of aromatic nitrogens is 2. The monoisotopic (exact) mass is 430 g/mol. The number of hydrogen-bond acceptors (Lipinski definition) is 6. The van der Waals surface area contributed by atoms with Gasteiger partial charge >= 0.3 is 0 Å². The molecule has 1 aromatic heterocycles. The molecule has 0 saturated carbocycles. The van der Waals surface area contributed by atoms with Crippen molar-refractivity contribution in [1.29, 1.82) is 0 Å². The van der Waals surface area contributed by atoms with Gasteiger partial charge in [0.2, 0.25) is 5.91 Å². The van der Waals surface area contributed by atoms with Gasteiger partial charge in [-0.05, 0) is 49.7 Å². The van der Waals surface area contributed by atoms with Crippen LogP contribution in [0.3, 0.4) is 0 Å². The van der Waals surface area contributed by atoms with Crippen LogP contribution >= 0.6 is 11.6 Å². The Balaban J connectivity index is 1.30. The van der Waals surface area contributed by atoms with E-state index in [2.05, 4.69) is 20.2 Å². The molecule has 1 saturated heterocycles. The predicted molar refractivity (Wildman–Crippen MR) is 115 cm³/mol. The smallest absolute Gasteiger partial charge is 0.235 e. The third-order valence-electron chi connectivity index (χ3n) is 6.19. The number of amides is 1. The molecule has 1 spiro atoms. The first-order valence-electron chi connectivity index (χ1n) is 10.2. The van der Waals surface area contributed by atoms with Crippen LogP contribution in [-0.4, -0.2) is 58.7 Å². The number of aliphatic hydroxyl groups excluding tert-OH is 1. The lowest BCUT2D eigenvalue weighted by atomic mass is 9.73. The fraction of sp³-hybridized carbons (Fsp3) is 0.500. The van der Waals surface area contributed by atoms with Crippen LogP contribution < -0.4 is 10.1 Å². The molecule has 1 aromatic carbocycles. The number of fused-ring (bicyclic) bond motifs is 2. The largest absolute Gasteiger partial charge is 0.489 e. The van der Waals surface area contributed by atoms with Crippen molar-refractivity contribution in [3.63, 3.8) is 0 Å². The molecule has 8 heteroatoms. The van der Waals surface area contributed by atoms with Crippen molar-refractivity contribution in [2.45, 2.75) is 37.5 Å². The molecule has 0 aliphatic carbocycles. The lowest BCUT2D eigenvalue weighted by Crippen LogP contribution is -2.47. The number of nitrogens with zero attached hydrogens (tertiary/aromatic N) is 3. The van der Waals surface area contributed by atoms with Crippen molar-refractivity contribution in [3.8, 4) is 5.75 Å². The van der Waals surface area contributed by atoms with Crippen molar-refractivity contribution in [3.05, 3.63) is 47.0 Å². The van der Waals surface area contributed by atoms with Crippen molar-refractivity contribution >= 4 is 23.2 Å². The second-order valence-corrected chi connectivity index (χ2v) is 9.14. The minimum absolute atomic E-state index is 0.0155. The van der Waals surface area contributed by atoms with E-state index in [9.17, 15) is 9.90 Å². The number of halogens is 1. The maximum absolute atomic E-state index is 12.7. The Kier molecular flexibility index (Phi) is 5.70. The fourth-order valence-electron chi connectivity index (χ4n) is 4.14. The summed E-state index contributed by atoms with van der Waals surface area (Å²) in [4.78, 5) is 23.6. The van der Waals surface area contributed by atoms with E-state index in [1.165, 1.54) is 0 Å². The Labute approximate surface area is 181 Å². The van der Waals surface area contributed by atoms with E-state index in [0.717, 1.165) is 43.7 Å². The Morgan fingerprint density at radius 3 is 2.63 bits per heavy atom. The number of hydrogen-bond donors (Lipinski definition) is 2. The van der Waals surface area contributed by atoms with Crippen molar-refractivity contribution in [2.75, 3.05) is 38.2 Å². The van der Waals surface area contributed by atoms with Crippen LogP contribution in [0, 0.1) is 0 Å². The lowest BCUT2D eigenvalue weighted by molar-refractivity contribution is -0.122. The molecule has 1 amide bonds. The van der Waals surface area contributed by atoms with Crippen LogP contribution in [0.4, 0.5) is 5.69 Å². The van der Waals surface area contributed by atoms with Gasteiger partial charge < -0.3 is 15.2 Å². The second kappa shape index (κ2) is 8.13. The van der Waals surface area contributed by atoms with E-state index in [-0.39, 0.29) is 12.5 Å². The third kappa shape index (κ3) is 3.89. The van der Waals surface area contributed by atoms with Gasteiger partial charge in [-0.3, -0.25) is 9.69 Å². The number of nitrogens with one attached hydrogen (secondary N) is 1. The molecule has 2 aliphatic heterocycles. The summed E-state index contributed by atoms with van der Waals surface area (Å²) in [7, 11) is 0. The van der Waals surface area contributed by atoms with Gasteiger partial charge in [-0.2, -0.15) is 0 Å². The van der Waals surface area contributed by atoms with Gasteiger partial charge in [-0.1, -0.05) is 25.4 Å². The zero-order valence-corrected chi connectivity index (χ0v) is 18.1. The first-order chi connectivity index (χ1) is 14.3. The van der Waals surface area contributed by atoms with Crippen LogP contribution in [0.25, 0.3) is 0 Å². The minimum Gasteiger partial charge on any atom is -0.489 e. The average Bonchev–Trinajstić information content (AvgIpc) is 3.01. The summed E-state index contributed by atoms with van der Waals surface area (Å²) in [6, 6.07) is 5.63. The quantitative estimate of drug-likeness (QED) is 0.732. The second-order valence-electron chi connectivity index (χ2n) is 8.70. The molecule has 160 valence electrons. The number of anilines is 1. The number of piperidine rings is 1. The molecule has 2 aliphatic rings. The summed E-state index contributed by atoms with van der Waals surface area (Å²) < 4.78 is 5.79. The van der Waals surface area contributed by atoms with Gasteiger partial charge in [0.15, 0.2) is 5.75 Å². The molecule has 0 atom stereocenters. The zero-order valence-electron chi connectivity index (χ0n) is 17.3. The molecule has 2 N–H and O–H groups in total. The van der Waals surface area contributed by atoms with E-state index in [0.29, 0.717) is 23.2 Å². The zero-order chi connectivity index (χ0) is 21.4. The van der Waals surface area contributed by atoms with Gasteiger partial charge in [-0.25, -0.2) is 9.97 Å². The fourth-order valence-corrected chi connectivity index (χ4v) is 4.32. The van der Waals surface area contributed by atoms with E-state index in [1.54, 1.807) is 12.4 Å². The molecule has 0 bridgehead atoms. The van der Waals surface area contributed by atoms with Gasteiger partial charge in [0.05, 0.1) is 24.4 Å². The highest BCUT2D eigenvalue weighted by Gasteiger charge is 2.48. The van der Waals surface area contributed by atoms with Crippen LogP contribution in [0.2, 0.25) is 5.02 Å². The number of carbonyl (C=O) groups excluding carboxylic acids is 1. The van der Waals surface area contributed by atoms with Crippen LogP contribution in [0.15, 0.2) is 30.6 Å². The number of rotatable bonds is 6.